The van der Waals surface area contributed by atoms with Gasteiger partial charge in [-0.15, -0.1) is 0 Å². The van der Waals surface area contributed by atoms with Crippen LogP contribution < -0.4 is 0 Å². The minimum absolute atomic E-state index is 0.0296. The molecule has 1 N–H and O–H groups in total. The van der Waals surface area contributed by atoms with E-state index < -0.39 is 5.60 Å². The van der Waals surface area contributed by atoms with Crippen LogP contribution in [0.3, 0.4) is 0 Å². The molecule has 0 aliphatic heterocycles. The van der Waals surface area contributed by atoms with Gasteiger partial charge in [-0.05, 0) is 75.7 Å². The van der Waals surface area contributed by atoms with Crippen molar-refractivity contribution in [3.8, 4) is 0 Å². The van der Waals surface area contributed by atoms with Crippen molar-refractivity contribution in [3.63, 3.8) is 0 Å². The first-order valence-electron chi connectivity index (χ1n) is 9.08. The first-order chi connectivity index (χ1) is 10.4. The van der Waals surface area contributed by atoms with Gasteiger partial charge in [0.1, 0.15) is 0 Å². The van der Waals surface area contributed by atoms with Crippen molar-refractivity contribution in [3.05, 3.63) is 23.3 Å². The van der Waals surface area contributed by atoms with E-state index in [1.807, 2.05) is 13.0 Å². The molecule has 0 aromatic heterocycles. The fourth-order valence-corrected chi connectivity index (χ4v) is 5.97. The van der Waals surface area contributed by atoms with E-state index in [1.54, 1.807) is 5.57 Å². The predicted octanol–water partition coefficient (Wildman–Crippen LogP) is 4.19. The first-order valence-corrected chi connectivity index (χ1v) is 9.08. The maximum atomic E-state index is 11.7. The molecule has 0 aromatic rings. The van der Waals surface area contributed by atoms with Crippen LogP contribution in [0.15, 0.2) is 23.3 Å². The molecule has 0 unspecified atom stereocenters. The Morgan fingerprint density at radius 1 is 1.09 bits per heavy atom. The zero-order valence-corrected chi connectivity index (χ0v) is 13.9. The minimum atomic E-state index is -0.555. The summed E-state index contributed by atoms with van der Waals surface area (Å²) in [5.41, 5.74) is 2.40. The molecule has 0 radical (unpaired) electrons. The maximum absolute atomic E-state index is 11.7. The molecule has 0 spiro atoms. The summed E-state index contributed by atoms with van der Waals surface area (Å²) >= 11 is 0. The van der Waals surface area contributed by atoms with Gasteiger partial charge in [-0.3, -0.25) is 4.79 Å². The highest BCUT2D eigenvalue weighted by atomic mass is 16.3. The number of allylic oxidation sites excluding steroid dienone is 3. The molecule has 0 bridgehead atoms. The van der Waals surface area contributed by atoms with Crippen molar-refractivity contribution in [1.29, 1.82) is 0 Å². The molecule has 120 valence electrons. The van der Waals surface area contributed by atoms with Crippen LogP contribution in [0, 0.1) is 23.2 Å². The van der Waals surface area contributed by atoms with E-state index in [1.165, 1.54) is 18.4 Å². The summed E-state index contributed by atoms with van der Waals surface area (Å²) in [6, 6.07) is 0. The highest BCUT2D eigenvalue weighted by molar-refractivity contribution is 5.91. The molecule has 2 saturated carbocycles. The van der Waals surface area contributed by atoms with Crippen molar-refractivity contribution in [2.45, 2.75) is 70.8 Å². The van der Waals surface area contributed by atoms with Crippen LogP contribution in [0.1, 0.15) is 65.2 Å². The van der Waals surface area contributed by atoms with E-state index in [0.717, 1.165) is 38.5 Å². The smallest absolute Gasteiger partial charge is 0.155 e. The molecule has 2 nitrogen and oxygen atoms in total. The van der Waals surface area contributed by atoms with Crippen molar-refractivity contribution >= 4 is 5.78 Å². The van der Waals surface area contributed by atoms with Crippen LogP contribution in [0.25, 0.3) is 0 Å². The molecule has 0 saturated heterocycles. The maximum Gasteiger partial charge on any atom is 0.155 e. The van der Waals surface area contributed by atoms with E-state index in [-0.39, 0.29) is 5.41 Å². The van der Waals surface area contributed by atoms with Crippen LogP contribution in [-0.2, 0) is 4.79 Å². The monoisotopic (exact) mass is 300 g/mol. The van der Waals surface area contributed by atoms with Crippen molar-refractivity contribution in [2.24, 2.45) is 23.2 Å². The number of fused-ring (bicyclic) bond motifs is 5. The van der Waals surface area contributed by atoms with Gasteiger partial charge in [0.2, 0.25) is 0 Å². The Kier molecular flexibility index (Phi) is 3.21. The normalized spacial score (nSPS) is 47.8. The lowest BCUT2D eigenvalue weighted by molar-refractivity contribution is -0.115. The first kappa shape index (κ1) is 14.7. The zero-order valence-electron chi connectivity index (χ0n) is 13.9. The van der Waals surface area contributed by atoms with E-state index in [2.05, 4.69) is 13.0 Å². The summed E-state index contributed by atoms with van der Waals surface area (Å²) in [5.74, 6) is 2.32. The second kappa shape index (κ2) is 4.80. The summed E-state index contributed by atoms with van der Waals surface area (Å²) in [6.07, 6.45) is 12.7. The second-order valence-electron chi connectivity index (χ2n) is 8.48. The molecule has 0 aromatic carbocycles. The highest BCUT2D eigenvalue weighted by Crippen LogP contribution is 2.61. The molecule has 0 amide bonds. The number of ketones is 1. The van der Waals surface area contributed by atoms with Gasteiger partial charge in [0, 0.05) is 11.8 Å². The van der Waals surface area contributed by atoms with Gasteiger partial charge in [-0.1, -0.05) is 24.1 Å². The zero-order chi connectivity index (χ0) is 15.5. The predicted molar refractivity (Wildman–Crippen MR) is 87.3 cm³/mol. The van der Waals surface area contributed by atoms with Crippen molar-refractivity contribution < 1.29 is 9.90 Å². The number of hydrogen-bond donors (Lipinski definition) is 1. The molecule has 4 aliphatic rings. The average Bonchev–Trinajstić information content (AvgIpc) is 2.47. The molecule has 5 atom stereocenters. The summed E-state index contributed by atoms with van der Waals surface area (Å²) in [4.78, 5) is 11.7. The summed E-state index contributed by atoms with van der Waals surface area (Å²) in [6.45, 7) is 4.34. The van der Waals surface area contributed by atoms with Gasteiger partial charge in [0.05, 0.1) is 5.60 Å². The standard InChI is InChI=1S/C20H28O2/c1-19-11-9-16-15-8-6-14(21)12-13(15)5-7-17(16)18(19)4-3-10-20(19,2)22/h4,12,15-17,22H,3,5-11H2,1-2H3/t15-,16+,17+,19-,20-/m0/s1. The van der Waals surface area contributed by atoms with E-state index >= 15 is 0 Å². The molecular weight excluding hydrogens is 272 g/mol. The lowest BCUT2D eigenvalue weighted by atomic mass is 9.49. The third-order valence-electron chi connectivity index (χ3n) is 7.50. The lowest BCUT2D eigenvalue weighted by Crippen LogP contribution is -2.53. The Hall–Kier alpha value is -0.890. The van der Waals surface area contributed by atoms with Gasteiger partial charge in [0.15, 0.2) is 5.78 Å². The number of rotatable bonds is 0. The van der Waals surface area contributed by atoms with Crippen LogP contribution in [0.5, 0.6) is 0 Å². The number of carbonyl (C=O) groups excluding carboxylic acids is 1. The van der Waals surface area contributed by atoms with E-state index in [0.29, 0.717) is 23.5 Å². The van der Waals surface area contributed by atoms with Crippen LogP contribution in [-0.4, -0.2) is 16.5 Å². The third kappa shape index (κ3) is 1.92. The van der Waals surface area contributed by atoms with Gasteiger partial charge in [0.25, 0.3) is 0 Å². The topological polar surface area (TPSA) is 37.3 Å². The van der Waals surface area contributed by atoms with E-state index in [4.69, 9.17) is 0 Å². The average molecular weight is 300 g/mol. The van der Waals surface area contributed by atoms with Gasteiger partial charge in [-0.25, -0.2) is 0 Å². The van der Waals surface area contributed by atoms with Crippen LogP contribution in [0.4, 0.5) is 0 Å². The number of carbonyl (C=O) groups is 1. The Morgan fingerprint density at radius 3 is 2.68 bits per heavy atom. The molecular formula is C20H28O2. The summed E-state index contributed by atoms with van der Waals surface area (Å²) in [7, 11) is 0. The summed E-state index contributed by atoms with van der Waals surface area (Å²) in [5, 5.41) is 11.0. The van der Waals surface area contributed by atoms with Gasteiger partial charge >= 0.3 is 0 Å². The van der Waals surface area contributed by atoms with Gasteiger partial charge < -0.3 is 5.11 Å². The SMILES string of the molecule is C[C@]1(O)CCC=C2[C@@H]3CCC4=CC(=O)CC[C@@H]4[C@H]3CC[C@@]21C. The summed E-state index contributed by atoms with van der Waals surface area (Å²) < 4.78 is 0. The second-order valence-corrected chi connectivity index (χ2v) is 8.48. The molecule has 2 heteroatoms. The van der Waals surface area contributed by atoms with E-state index in [9.17, 15) is 9.90 Å². The number of aliphatic hydroxyl groups is 1. The lowest BCUT2D eigenvalue weighted by Gasteiger charge is -2.57. The Bertz CT molecular complexity index is 568. The quantitative estimate of drug-likeness (QED) is 0.681. The molecule has 4 rings (SSSR count). The van der Waals surface area contributed by atoms with Crippen molar-refractivity contribution in [2.75, 3.05) is 0 Å². The van der Waals surface area contributed by atoms with Crippen molar-refractivity contribution in [1.82, 2.24) is 0 Å². The fraction of sp³-hybridized carbons (Fsp3) is 0.750. The minimum Gasteiger partial charge on any atom is -0.389 e. The fourth-order valence-electron chi connectivity index (χ4n) is 5.97. The number of hydrogen-bond acceptors (Lipinski definition) is 2. The van der Waals surface area contributed by atoms with Gasteiger partial charge in [-0.2, -0.15) is 0 Å². The van der Waals surface area contributed by atoms with Crippen LogP contribution >= 0.6 is 0 Å². The van der Waals surface area contributed by atoms with Crippen LogP contribution in [0.2, 0.25) is 0 Å². The third-order valence-corrected chi connectivity index (χ3v) is 7.50. The molecule has 22 heavy (non-hydrogen) atoms. The largest absolute Gasteiger partial charge is 0.389 e. The highest BCUT2D eigenvalue weighted by Gasteiger charge is 2.55. The molecule has 2 fully saturated rings. The Morgan fingerprint density at radius 2 is 1.86 bits per heavy atom. The molecule has 4 aliphatic carbocycles. The Balaban J connectivity index is 1.69. The Labute approximate surface area is 133 Å². The molecule has 0 heterocycles.